The second kappa shape index (κ2) is 7.36. The van der Waals surface area contributed by atoms with Crippen molar-refractivity contribution in [3.63, 3.8) is 0 Å². The fourth-order valence-corrected chi connectivity index (χ4v) is 2.18. The number of hydrogen-bond donors (Lipinski definition) is 1. The predicted octanol–water partition coefficient (Wildman–Crippen LogP) is 4.18. The van der Waals surface area contributed by atoms with Crippen LogP contribution in [0.15, 0.2) is 34.9 Å². The van der Waals surface area contributed by atoms with Crippen molar-refractivity contribution in [1.29, 1.82) is 0 Å². The van der Waals surface area contributed by atoms with Gasteiger partial charge in [0.05, 0.1) is 6.26 Å². The van der Waals surface area contributed by atoms with Crippen LogP contribution in [0.4, 0.5) is 0 Å². The molecule has 0 bridgehead atoms. The number of aryl methyl sites for hydroxylation is 1. The van der Waals surface area contributed by atoms with E-state index in [2.05, 4.69) is 19.2 Å². The molecular weight excluding hydrogens is 274 g/mol. The standard InChI is InChI=1S/C16H20ClNO2/c1-3-13-8-14(5-6-16(13)17)20-11-15-7-12(10-19-15)9-18-4-2/h5-8,10,18H,3-4,9,11H2,1-2H3. The van der Waals surface area contributed by atoms with Crippen molar-refractivity contribution in [3.05, 3.63) is 52.4 Å². The topological polar surface area (TPSA) is 34.4 Å². The van der Waals surface area contributed by atoms with Crippen LogP contribution in [0.3, 0.4) is 0 Å². The van der Waals surface area contributed by atoms with Gasteiger partial charge in [-0.1, -0.05) is 25.4 Å². The SMILES string of the molecule is CCNCc1coc(COc2ccc(Cl)c(CC)c2)c1. The zero-order chi connectivity index (χ0) is 14.4. The number of rotatable bonds is 7. The van der Waals surface area contributed by atoms with Gasteiger partial charge in [-0.2, -0.15) is 0 Å². The number of furan rings is 1. The summed E-state index contributed by atoms with van der Waals surface area (Å²) in [7, 11) is 0. The molecule has 1 N–H and O–H groups in total. The quantitative estimate of drug-likeness (QED) is 0.831. The van der Waals surface area contributed by atoms with Crippen molar-refractivity contribution in [3.8, 4) is 5.75 Å². The molecule has 0 unspecified atom stereocenters. The van der Waals surface area contributed by atoms with Crippen molar-refractivity contribution < 1.29 is 9.15 Å². The van der Waals surface area contributed by atoms with Gasteiger partial charge in [-0.15, -0.1) is 0 Å². The van der Waals surface area contributed by atoms with Crippen LogP contribution in [0.1, 0.15) is 30.7 Å². The molecule has 0 saturated carbocycles. The molecule has 20 heavy (non-hydrogen) atoms. The number of halogens is 1. The maximum atomic E-state index is 6.08. The summed E-state index contributed by atoms with van der Waals surface area (Å²) in [6.07, 6.45) is 2.66. The van der Waals surface area contributed by atoms with Gasteiger partial charge >= 0.3 is 0 Å². The van der Waals surface area contributed by atoms with Gasteiger partial charge in [0.1, 0.15) is 18.1 Å². The third kappa shape index (κ3) is 4.02. The summed E-state index contributed by atoms with van der Waals surface area (Å²) < 4.78 is 11.2. The molecule has 2 aromatic rings. The molecule has 0 atom stereocenters. The van der Waals surface area contributed by atoms with E-state index in [1.54, 1.807) is 6.26 Å². The maximum Gasteiger partial charge on any atom is 0.146 e. The van der Waals surface area contributed by atoms with E-state index in [9.17, 15) is 0 Å². The molecule has 1 heterocycles. The first-order valence-corrected chi connectivity index (χ1v) is 7.29. The number of ether oxygens (including phenoxy) is 1. The molecule has 0 spiro atoms. The van der Waals surface area contributed by atoms with Gasteiger partial charge in [0.2, 0.25) is 0 Å². The highest BCUT2D eigenvalue weighted by Crippen LogP contribution is 2.23. The molecule has 1 aromatic carbocycles. The molecule has 0 aliphatic heterocycles. The molecule has 0 aliphatic carbocycles. The lowest BCUT2D eigenvalue weighted by Crippen LogP contribution is -2.10. The van der Waals surface area contributed by atoms with E-state index in [0.29, 0.717) is 6.61 Å². The zero-order valence-electron chi connectivity index (χ0n) is 11.9. The highest BCUT2D eigenvalue weighted by atomic mass is 35.5. The summed E-state index contributed by atoms with van der Waals surface area (Å²) >= 11 is 6.08. The summed E-state index contributed by atoms with van der Waals surface area (Å²) in [5, 5.41) is 4.04. The first-order chi connectivity index (χ1) is 9.72. The van der Waals surface area contributed by atoms with E-state index in [1.165, 1.54) is 0 Å². The number of hydrogen-bond acceptors (Lipinski definition) is 3. The number of nitrogens with one attached hydrogen (secondary N) is 1. The van der Waals surface area contributed by atoms with Crippen LogP contribution in [-0.2, 0) is 19.6 Å². The Morgan fingerprint density at radius 2 is 2.10 bits per heavy atom. The van der Waals surface area contributed by atoms with Crippen molar-refractivity contribution in [2.24, 2.45) is 0 Å². The van der Waals surface area contributed by atoms with E-state index in [0.717, 1.165) is 47.2 Å². The highest BCUT2D eigenvalue weighted by molar-refractivity contribution is 6.31. The second-order valence-corrected chi connectivity index (χ2v) is 5.00. The fourth-order valence-electron chi connectivity index (χ4n) is 1.93. The van der Waals surface area contributed by atoms with Crippen molar-refractivity contribution >= 4 is 11.6 Å². The van der Waals surface area contributed by atoms with Gasteiger partial charge in [0.25, 0.3) is 0 Å². The predicted molar refractivity (Wildman–Crippen MR) is 81.3 cm³/mol. The van der Waals surface area contributed by atoms with Gasteiger partial charge in [-0.3, -0.25) is 0 Å². The Hall–Kier alpha value is -1.45. The Morgan fingerprint density at radius 3 is 2.85 bits per heavy atom. The van der Waals surface area contributed by atoms with Crippen molar-refractivity contribution in [1.82, 2.24) is 5.32 Å². The Kier molecular flexibility index (Phi) is 5.50. The largest absolute Gasteiger partial charge is 0.486 e. The fraction of sp³-hybridized carbons (Fsp3) is 0.375. The van der Waals surface area contributed by atoms with Gasteiger partial charge in [-0.05, 0) is 42.8 Å². The molecule has 4 heteroatoms. The third-order valence-electron chi connectivity index (χ3n) is 3.07. The van der Waals surface area contributed by atoms with Crippen LogP contribution in [-0.4, -0.2) is 6.54 Å². The Morgan fingerprint density at radius 1 is 1.25 bits per heavy atom. The molecule has 3 nitrogen and oxygen atoms in total. The number of benzene rings is 1. The van der Waals surface area contributed by atoms with Crippen LogP contribution in [0.2, 0.25) is 5.02 Å². The summed E-state index contributed by atoms with van der Waals surface area (Å²) in [4.78, 5) is 0. The van der Waals surface area contributed by atoms with Crippen molar-refractivity contribution in [2.45, 2.75) is 33.4 Å². The van der Waals surface area contributed by atoms with Crippen LogP contribution in [0.25, 0.3) is 0 Å². The lowest BCUT2D eigenvalue weighted by atomic mass is 10.1. The van der Waals surface area contributed by atoms with Gasteiger partial charge in [0, 0.05) is 17.1 Å². The minimum absolute atomic E-state index is 0.427. The van der Waals surface area contributed by atoms with Crippen LogP contribution < -0.4 is 10.1 Å². The summed E-state index contributed by atoms with van der Waals surface area (Å²) in [6, 6.07) is 7.74. The van der Waals surface area contributed by atoms with Gasteiger partial charge < -0.3 is 14.5 Å². The van der Waals surface area contributed by atoms with Crippen LogP contribution in [0.5, 0.6) is 5.75 Å². The first-order valence-electron chi connectivity index (χ1n) is 6.91. The Balaban J connectivity index is 1.93. The minimum atomic E-state index is 0.427. The Labute approximate surface area is 124 Å². The lowest BCUT2D eigenvalue weighted by Gasteiger charge is -2.07. The van der Waals surface area contributed by atoms with Gasteiger partial charge in [0.15, 0.2) is 0 Å². The molecule has 108 valence electrons. The van der Waals surface area contributed by atoms with Crippen LogP contribution in [0, 0.1) is 0 Å². The minimum Gasteiger partial charge on any atom is -0.486 e. The molecular formula is C16H20ClNO2. The second-order valence-electron chi connectivity index (χ2n) is 4.60. The molecule has 1 aromatic heterocycles. The van der Waals surface area contributed by atoms with Gasteiger partial charge in [-0.25, -0.2) is 0 Å². The molecule has 0 radical (unpaired) electrons. The van der Waals surface area contributed by atoms with E-state index < -0.39 is 0 Å². The van der Waals surface area contributed by atoms with E-state index in [4.69, 9.17) is 20.8 Å². The van der Waals surface area contributed by atoms with E-state index in [-0.39, 0.29) is 0 Å². The van der Waals surface area contributed by atoms with Crippen molar-refractivity contribution in [2.75, 3.05) is 6.54 Å². The average molecular weight is 294 g/mol. The highest BCUT2D eigenvalue weighted by Gasteiger charge is 2.05. The molecule has 0 saturated heterocycles. The van der Waals surface area contributed by atoms with E-state index in [1.807, 2.05) is 24.3 Å². The Bertz CT molecular complexity index is 551. The maximum absolute atomic E-state index is 6.08. The zero-order valence-corrected chi connectivity index (χ0v) is 12.7. The van der Waals surface area contributed by atoms with E-state index >= 15 is 0 Å². The monoisotopic (exact) mass is 293 g/mol. The summed E-state index contributed by atoms with van der Waals surface area (Å²) in [5.41, 5.74) is 2.23. The average Bonchev–Trinajstić information content (AvgIpc) is 2.92. The normalized spacial score (nSPS) is 10.8. The summed E-state index contributed by atoms with van der Waals surface area (Å²) in [6.45, 7) is 6.35. The van der Waals surface area contributed by atoms with Crippen LogP contribution >= 0.6 is 11.6 Å². The first kappa shape index (κ1) is 14.9. The molecule has 0 fully saturated rings. The molecule has 2 rings (SSSR count). The smallest absolute Gasteiger partial charge is 0.146 e. The lowest BCUT2D eigenvalue weighted by molar-refractivity contribution is 0.270. The molecule has 0 aliphatic rings. The summed E-state index contributed by atoms with van der Waals surface area (Å²) in [5.74, 6) is 1.64. The molecule has 0 amide bonds. The third-order valence-corrected chi connectivity index (χ3v) is 3.44.